The third kappa shape index (κ3) is 2.89. The van der Waals surface area contributed by atoms with Gasteiger partial charge in [-0.1, -0.05) is 12.1 Å². The van der Waals surface area contributed by atoms with Crippen molar-refractivity contribution in [2.24, 2.45) is 0 Å². The third-order valence-electron chi connectivity index (χ3n) is 4.76. The van der Waals surface area contributed by atoms with Crippen LogP contribution in [0.3, 0.4) is 0 Å². The number of ether oxygens (including phenoxy) is 1. The first-order chi connectivity index (χ1) is 14.3. The van der Waals surface area contributed by atoms with Crippen molar-refractivity contribution in [3.63, 3.8) is 0 Å². The summed E-state index contributed by atoms with van der Waals surface area (Å²) in [5.41, 5.74) is -1.00. The molecule has 0 atom stereocenters. The molecule has 1 aromatic heterocycles. The normalized spacial score (nSPS) is 15.1. The number of fused-ring (bicyclic) bond motifs is 2. The van der Waals surface area contributed by atoms with E-state index in [1.54, 1.807) is 12.1 Å². The van der Waals surface area contributed by atoms with E-state index in [0.717, 1.165) is 13.3 Å². The summed E-state index contributed by atoms with van der Waals surface area (Å²) in [6, 6.07) is 10.4. The van der Waals surface area contributed by atoms with E-state index in [9.17, 15) is 23.1 Å². The minimum Gasteiger partial charge on any atom is -0.505 e. The maximum Gasteiger partial charge on any atom is 0.277 e. The van der Waals surface area contributed by atoms with Crippen molar-refractivity contribution >= 4 is 38.3 Å². The second-order valence-corrected chi connectivity index (χ2v) is 8.40. The van der Waals surface area contributed by atoms with Gasteiger partial charge in [-0.25, -0.2) is 8.42 Å². The van der Waals surface area contributed by atoms with Gasteiger partial charge in [-0.2, -0.15) is 0 Å². The fourth-order valence-corrected chi connectivity index (χ4v) is 4.59. The Labute approximate surface area is 170 Å². The molecule has 0 aliphatic carbocycles. The highest BCUT2D eigenvalue weighted by Crippen LogP contribution is 2.34. The molecule has 3 aromatic rings. The smallest absolute Gasteiger partial charge is 0.277 e. The molecule has 1 amide bonds. The molecule has 0 spiro atoms. The summed E-state index contributed by atoms with van der Waals surface area (Å²) in [5, 5.41) is 13.1. The predicted molar refractivity (Wildman–Crippen MR) is 109 cm³/mol. The Balaban J connectivity index is 1.79. The Kier molecular flexibility index (Phi) is 4.50. The molecule has 2 heterocycles. The van der Waals surface area contributed by atoms with Gasteiger partial charge in [0.25, 0.3) is 15.9 Å². The molecule has 1 aliphatic rings. The van der Waals surface area contributed by atoms with Gasteiger partial charge in [-0.15, -0.1) is 0 Å². The highest BCUT2D eigenvalue weighted by molar-refractivity contribution is 7.89. The molecule has 9 nitrogen and oxygen atoms in total. The molecular weight excluding hydrogens is 412 g/mol. The maximum absolute atomic E-state index is 12.9. The number of nitrogens with one attached hydrogen (secondary N) is 1. The number of hydrogen-bond donors (Lipinski definition) is 2. The number of benzene rings is 2. The lowest BCUT2D eigenvalue weighted by Crippen LogP contribution is -2.37. The number of rotatable bonds is 3. The molecule has 1 aliphatic heterocycles. The standard InChI is InChI=1S/C20H16N2O7S/c1-22-17(19(24)12-5-3-4-6-16(12)30(22,26)27)20(25)21-14-10-29-15-8-7-11(28-2)9-13(15)18(14)23/h3-10,24H,1-2H3,(H,21,25). The van der Waals surface area contributed by atoms with E-state index in [4.69, 9.17) is 9.15 Å². The molecular formula is C20H16N2O7S. The number of nitrogens with zero attached hydrogens (tertiary/aromatic N) is 1. The van der Waals surface area contributed by atoms with E-state index in [0.29, 0.717) is 10.1 Å². The van der Waals surface area contributed by atoms with Gasteiger partial charge in [0.1, 0.15) is 23.3 Å². The zero-order valence-electron chi connectivity index (χ0n) is 15.9. The first-order valence-corrected chi connectivity index (χ1v) is 10.1. The Morgan fingerprint density at radius 1 is 1.20 bits per heavy atom. The number of aliphatic hydroxyl groups is 1. The quantitative estimate of drug-likeness (QED) is 0.655. The molecule has 30 heavy (non-hydrogen) atoms. The second-order valence-electron chi connectivity index (χ2n) is 6.46. The number of methoxy groups -OCH3 is 1. The van der Waals surface area contributed by atoms with Gasteiger partial charge in [0.15, 0.2) is 11.5 Å². The number of sulfonamides is 1. The van der Waals surface area contributed by atoms with Gasteiger partial charge in [0.2, 0.25) is 5.43 Å². The van der Waals surface area contributed by atoms with Crippen LogP contribution in [0.2, 0.25) is 0 Å². The average Bonchev–Trinajstić information content (AvgIpc) is 2.74. The van der Waals surface area contributed by atoms with Crippen LogP contribution in [0, 0.1) is 0 Å². The molecule has 0 fully saturated rings. The van der Waals surface area contributed by atoms with Crippen LogP contribution in [-0.4, -0.2) is 37.9 Å². The van der Waals surface area contributed by atoms with Gasteiger partial charge in [-0.3, -0.25) is 13.9 Å². The highest BCUT2D eigenvalue weighted by Gasteiger charge is 2.37. The molecule has 154 valence electrons. The maximum atomic E-state index is 12.9. The minimum absolute atomic E-state index is 0.00367. The first kappa shape index (κ1) is 19.5. The number of likely N-dealkylation sites (N-methyl/N-ethyl adjacent to an activating group) is 1. The molecule has 0 saturated carbocycles. The summed E-state index contributed by atoms with van der Waals surface area (Å²) in [6.45, 7) is 0. The van der Waals surface area contributed by atoms with E-state index in [2.05, 4.69) is 5.32 Å². The van der Waals surface area contributed by atoms with Crippen LogP contribution >= 0.6 is 0 Å². The molecule has 4 rings (SSSR count). The van der Waals surface area contributed by atoms with Crippen LogP contribution in [0.15, 0.2) is 68.5 Å². The summed E-state index contributed by atoms with van der Waals surface area (Å²) in [7, 11) is -1.47. The number of carbonyl (C=O) groups excluding carboxylic acids is 1. The van der Waals surface area contributed by atoms with Gasteiger partial charge < -0.3 is 19.6 Å². The van der Waals surface area contributed by atoms with Crippen LogP contribution in [0.5, 0.6) is 5.75 Å². The summed E-state index contributed by atoms with van der Waals surface area (Å²) in [4.78, 5) is 25.5. The van der Waals surface area contributed by atoms with Crippen LogP contribution in [0.1, 0.15) is 5.56 Å². The van der Waals surface area contributed by atoms with E-state index in [1.807, 2.05) is 0 Å². The summed E-state index contributed by atoms with van der Waals surface area (Å²) in [6.07, 6.45) is 1.05. The SMILES string of the molecule is COc1ccc2occ(NC(=O)C3=C(O)c4ccccc4S(=O)(=O)N3C)c(=O)c2c1. The van der Waals surface area contributed by atoms with Gasteiger partial charge in [0, 0.05) is 12.6 Å². The van der Waals surface area contributed by atoms with Crippen molar-refractivity contribution in [1.82, 2.24) is 4.31 Å². The first-order valence-electron chi connectivity index (χ1n) is 8.68. The lowest BCUT2D eigenvalue weighted by molar-refractivity contribution is -0.113. The van der Waals surface area contributed by atoms with Crippen molar-refractivity contribution in [3.05, 3.63) is 70.2 Å². The Morgan fingerprint density at radius 3 is 2.67 bits per heavy atom. The van der Waals surface area contributed by atoms with Crippen LogP contribution in [0.4, 0.5) is 5.69 Å². The van der Waals surface area contributed by atoms with Crippen molar-refractivity contribution < 1.29 is 27.5 Å². The zero-order chi connectivity index (χ0) is 21.6. The average molecular weight is 428 g/mol. The number of amides is 1. The Hall–Kier alpha value is -3.79. The fourth-order valence-electron chi connectivity index (χ4n) is 3.19. The molecule has 2 N–H and O–H groups in total. The molecule has 0 saturated heterocycles. The van der Waals surface area contributed by atoms with Crippen LogP contribution < -0.4 is 15.5 Å². The number of carbonyl (C=O) groups is 1. The molecule has 10 heteroatoms. The van der Waals surface area contributed by atoms with Gasteiger partial charge in [-0.05, 0) is 30.3 Å². The molecule has 2 aromatic carbocycles. The van der Waals surface area contributed by atoms with Crippen molar-refractivity contribution in [3.8, 4) is 5.75 Å². The monoisotopic (exact) mass is 428 g/mol. The third-order valence-corrected chi connectivity index (χ3v) is 6.58. The van der Waals surface area contributed by atoms with Gasteiger partial charge >= 0.3 is 0 Å². The Bertz CT molecular complexity index is 1390. The number of anilines is 1. The second kappa shape index (κ2) is 6.92. The van der Waals surface area contributed by atoms with Crippen molar-refractivity contribution in [2.75, 3.05) is 19.5 Å². The van der Waals surface area contributed by atoms with E-state index < -0.39 is 32.8 Å². The lowest BCUT2D eigenvalue weighted by atomic mass is 10.1. The van der Waals surface area contributed by atoms with Crippen molar-refractivity contribution in [2.45, 2.75) is 4.90 Å². The minimum atomic E-state index is -4.06. The number of hydrogen-bond acceptors (Lipinski definition) is 7. The largest absolute Gasteiger partial charge is 0.505 e. The topological polar surface area (TPSA) is 126 Å². The van der Waals surface area contributed by atoms with E-state index in [-0.39, 0.29) is 27.1 Å². The molecule has 0 unspecified atom stereocenters. The summed E-state index contributed by atoms with van der Waals surface area (Å²) < 4.78 is 36.6. The molecule has 0 bridgehead atoms. The van der Waals surface area contributed by atoms with Crippen LogP contribution in [0.25, 0.3) is 16.7 Å². The lowest BCUT2D eigenvalue weighted by Gasteiger charge is -2.28. The predicted octanol–water partition coefficient (Wildman–Crippen LogP) is 2.30. The van der Waals surface area contributed by atoms with Crippen molar-refractivity contribution in [1.29, 1.82) is 0 Å². The Morgan fingerprint density at radius 2 is 1.93 bits per heavy atom. The molecule has 0 radical (unpaired) electrons. The fraction of sp³-hybridized carbons (Fsp3) is 0.100. The van der Waals surface area contributed by atoms with E-state index in [1.165, 1.54) is 37.4 Å². The number of aliphatic hydroxyl groups excluding tert-OH is 1. The van der Waals surface area contributed by atoms with E-state index >= 15 is 0 Å². The van der Waals surface area contributed by atoms with Crippen LogP contribution in [-0.2, 0) is 14.8 Å². The summed E-state index contributed by atoms with van der Waals surface area (Å²) >= 11 is 0. The zero-order valence-corrected chi connectivity index (χ0v) is 16.7. The summed E-state index contributed by atoms with van der Waals surface area (Å²) in [5.74, 6) is -1.08. The van der Waals surface area contributed by atoms with Gasteiger partial charge in [0.05, 0.1) is 17.4 Å². The highest BCUT2D eigenvalue weighted by atomic mass is 32.2.